The van der Waals surface area contributed by atoms with Crippen LogP contribution in [0.15, 0.2) is 18.6 Å². The van der Waals surface area contributed by atoms with Crippen LogP contribution in [0.4, 0.5) is 23.8 Å². The predicted octanol–water partition coefficient (Wildman–Crippen LogP) is 2.68. The van der Waals surface area contributed by atoms with Crippen molar-refractivity contribution in [3.63, 3.8) is 0 Å². The number of carbonyl (C=O) groups is 2. The van der Waals surface area contributed by atoms with Crippen LogP contribution >= 0.6 is 0 Å². The minimum Gasteiger partial charge on any atom is -0.444 e. The fraction of sp³-hybridized carbons (Fsp3) is 0.583. The third-order valence-electron chi connectivity index (χ3n) is 6.74. The molecule has 0 aromatic carbocycles. The molecule has 15 heteroatoms. The number of alkyl halides is 3. The summed E-state index contributed by atoms with van der Waals surface area (Å²) in [5, 5.41) is 8.08. The number of hydrogen-bond acceptors (Lipinski definition) is 8. The number of aromatic nitrogens is 6. The van der Waals surface area contributed by atoms with Crippen LogP contribution in [0.3, 0.4) is 0 Å². The Morgan fingerprint density at radius 2 is 1.72 bits per heavy atom. The lowest BCUT2D eigenvalue weighted by Crippen LogP contribution is -2.52. The van der Waals surface area contributed by atoms with Crippen molar-refractivity contribution in [2.24, 2.45) is 0 Å². The smallest absolute Gasteiger partial charge is 0.433 e. The Hall–Kier alpha value is -3.91. The molecule has 1 atom stereocenters. The number of amides is 2. The number of ether oxygens (including phenoxy) is 1. The Balaban J connectivity index is 1.31. The molecule has 2 aliphatic heterocycles. The molecule has 5 rings (SSSR count). The van der Waals surface area contributed by atoms with Gasteiger partial charge in [-0.2, -0.15) is 13.2 Å². The lowest BCUT2D eigenvalue weighted by atomic mass is 10.1. The summed E-state index contributed by atoms with van der Waals surface area (Å²) in [5.74, 6) is 0.123. The van der Waals surface area contributed by atoms with E-state index >= 15 is 0 Å². The molecule has 3 aromatic rings. The molecule has 5 heterocycles. The van der Waals surface area contributed by atoms with Crippen LogP contribution in [0.25, 0.3) is 17.0 Å². The number of halogens is 3. The second-order valence-corrected chi connectivity index (χ2v) is 10.8. The van der Waals surface area contributed by atoms with Crippen molar-refractivity contribution in [3.8, 4) is 11.4 Å². The van der Waals surface area contributed by atoms with E-state index in [1.807, 2.05) is 11.8 Å². The Morgan fingerprint density at radius 1 is 1.03 bits per heavy atom. The van der Waals surface area contributed by atoms with E-state index in [2.05, 4.69) is 20.3 Å². The van der Waals surface area contributed by atoms with Crippen LogP contribution in [0.1, 0.15) is 39.8 Å². The highest BCUT2D eigenvalue weighted by Gasteiger charge is 2.37. The van der Waals surface area contributed by atoms with E-state index in [1.54, 1.807) is 30.6 Å². The van der Waals surface area contributed by atoms with E-state index in [0.717, 1.165) is 17.0 Å². The molecule has 2 amide bonds. The highest BCUT2D eigenvalue weighted by atomic mass is 19.4. The summed E-state index contributed by atoms with van der Waals surface area (Å²) in [6, 6.07) is 0.117. The highest BCUT2D eigenvalue weighted by molar-refractivity contribution is 5.77. The second-order valence-electron chi connectivity index (χ2n) is 10.8. The lowest BCUT2D eigenvalue weighted by molar-refractivity contribution is -0.141. The quantitative estimate of drug-likeness (QED) is 0.488. The molecule has 210 valence electrons. The van der Waals surface area contributed by atoms with Gasteiger partial charge >= 0.3 is 12.3 Å². The van der Waals surface area contributed by atoms with Crippen molar-refractivity contribution in [2.45, 2.75) is 58.5 Å². The van der Waals surface area contributed by atoms with E-state index in [4.69, 9.17) is 4.74 Å². The van der Waals surface area contributed by atoms with Gasteiger partial charge in [-0.05, 0) is 34.1 Å². The van der Waals surface area contributed by atoms with Gasteiger partial charge in [0.15, 0.2) is 11.5 Å². The maximum atomic E-state index is 13.7. The zero-order chi connectivity index (χ0) is 28.1. The topological polar surface area (TPSA) is 114 Å². The van der Waals surface area contributed by atoms with Crippen molar-refractivity contribution in [2.75, 3.05) is 37.6 Å². The summed E-state index contributed by atoms with van der Waals surface area (Å²) >= 11 is 0. The Bertz CT molecular complexity index is 1390. The second kappa shape index (κ2) is 9.68. The number of rotatable bonds is 4. The third-order valence-corrected chi connectivity index (χ3v) is 6.74. The van der Waals surface area contributed by atoms with Gasteiger partial charge in [0, 0.05) is 45.0 Å². The minimum atomic E-state index is -4.60. The summed E-state index contributed by atoms with van der Waals surface area (Å²) in [6.07, 6.45) is -0.601. The molecule has 2 saturated heterocycles. The number of hydrogen-bond donors (Lipinski definition) is 0. The zero-order valence-electron chi connectivity index (χ0n) is 22.1. The molecule has 39 heavy (non-hydrogen) atoms. The van der Waals surface area contributed by atoms with Gasteiger partial charge in [0.25, 0.3) is 0 Å². The summed E-state index contributed by atoms with van der Waals surface area (Å²) in [4.78, 5) is 38.8. The molecule has 0 unspecified atom stereocenters. The summed E-state index contributed by atoms with van der Waals surface area (Å²) < 4.78 is 48.7. The molecule has 0 saturated carbocycles. The molecule has 2 aliphatic rings. The van der Waals surface area contributed by atoms with Crippen LogP contribution in [0.2, 0.25) is 0 Å². The lowest BCUT2D eigenvalue weighted by Gasteiger charge is -2.39. The molecule has 2 fully saturated rings. The van der Waals surface area contributed by atoms with E-state index < -0.39 is 23.6 Å². The molecule has 3 aromatic heterocycles. The zero-order valence-corrected chi connectivity index (χ0v) is 22.1. The minimum absolute atomic E-state index is 0.115. The van der Waals surface area contributed by atoms with Gasteiger partial charge in [-0.1, -0.05) is 5.21 Å². The van der Waals surface area contributed by atoms with Crippen molar-refractivity contribution in [1.82, 2.24) is 39.2 Å². The fourth-order valence-electron chi connectivity index (χ4n) is 4.53. The molecule has 0 aliphatic carbocycles. The first kappa shape index (κ1) is 26.7. The summed E-state index contributed by atoms with van der Waals surface area (Å²) in [5.41, 5.74) is -0.982. The van der Waals surface area contributed by atoms with Crippen LogP contribution in [-0.4, -0.2) is 95.5 Å². The van der Waals surface area contributed by atoms with Gasteiger partial charge in [-0.15, -0.1) is 5.10 Å². The SMILES string of the molecule is C[C@H]1CCN1c1nc(-c2cn(CC(=O)N3CCN(C(=O)OC(C)(C)C)CC3)nn2)cn2c(C(F)(F)F)cnc12. The Morgan fingerprint density at radius 3 is 2.31 bits per heavy atom. The molecule has 0 bridgehead atoms. The summed E-state index contributed by atoms with van der Waals surface area (Å²) in [6.45, 7) is 9.27. The van der Waals surface area contributed by atoms with Gasteiger partial charge in [-0.3, -0.25) is 9.20 Å². The molecular weight excluding hydrogens is 519 g/mol. The fourth-order valence-corrected chi connectivity index (χ4v) is 4.53. The number of fused-ring (bicyclic) bond motifs is 1. The van der Waals surface area contributed by atoms with Gasteiger partial charge in [0.2, 0.25) is 5.91 Å². The van der Waals surface area contributed by atoms with Crippen LogP contribution < -0.4 is 4.90 Å². The average molecular weight is 550 g/mol. The first-order valence-corrected chi connectivity index (χ1v) is 12.7. The number of anilines is 1. The molecular formula is C24H30F3N9O3. The molecule has 0 radical (unpaired) electrons. The molecule has 0 spiro atoms. The standard InChI is InChI=1S/C24H30F3N9O3/c1-15-5-6-35(15)21-20-28-11-18(24(25,26)27)36(20)13-16(29-21)17-12-34(31-30-17)14-19(37)32-7-9-33(10-8-32)22(38)39-23(2,3)4/h11-13,15H,5-10,14H2,1-4H3/t15-/m0/s1. The number of piperazine rings is 1. The monoisotopic (exact) mass is 549 g/mol. The average Bonchev–Trinajstić information content (AvgIpc) is 3.49. The maximum Gasteiger partial charge on any atom is 0.433 e. The first-order chi connectivity index (χ1) is 18.3. The Labute approximate surface area is 222 Å². The van der Waals surface area contributed by atoms with Crippen LogP contribution in [-0.2, 0) is 22.3 Å². The van der Waals surface area contributed by atoms with Crippen LogP contribution in [0, 0.1) is 0 Å². The van der Waals surface area contributed by atoms with E-state index in [1.165, 1.54) is 17.1 Å². The number of imidazole rings is 1. The third kappa shape index (κ3) is 5.47. The van der Waals surface area contributed by atoms with E-state index in [0.29, 0.717) is 38.5 Å². The molecule has 12 nitrogen and oxygen atoms in total. The van der Waals surface area contributed by atoms with Crippen molar-refractivity contribution in [1.29, 1.82) is 0 Å². The largest absolute Gasteiger partial charge is 0.444 e. The molecule has 0 N–H and O–H groups in total. The highest BCUT2D eigenvalue weighted by Crippen LogP contribution is 2.35. The van der Waals surface area contributed by atoms with E-state index in [-0.39, 0.29) is 35.5 Å². The predicted molar refractivity (Wildman–Crippen MR) is 133 cm³/mol. The maximum absolute atomic E-state index is 13.7. The van der Waals surface area contributed by atoms with Crippen molar-refractivity contribution in [3.05, 3.63) is 24.3 Å². The van der Waals surface area contributed by atoms with Gasteiger partial charge < -0.3 is 19.4 Å². The first-order valence-electron chi connectivity index (χ1n) is 12.7. The number of carbonyl (C=O) groups excluding carboxylic acids is 2. The van der Waals surface area contributed by atoms with Gasteiger partial charge in [0.05, 0.1) is 12.4 Å². The van der Waals surface area contributed by atoms with Crippen molar-refractivity contribution < 1.29 is 27.5 Å². The van der Waals surface area contributed by atoms with E-state index in [9.17, 15) is 22.8 Å². The van der Waals surface area contributed by atoms with Crippen LogP contribution in [0.5, 0.6) is 0 Å². The van der Waals surface area contributed by atoms with Gasteiger partial charge in [0.1, 0.15) is 29.2 Å². The normalized spacial score (nSPS) is 18.4. The summed E-state index contributed by atoms with van der Waals surface area (Å²) in [7, 11) is 0. The van der Waals surface area contributed by atoms with Gasteiger partial charge in [-0.25, -0.2) is 19.4 Å². The number of nitrogens with zero attached hydrogens (tertiary/aromatic N) is 9. The van der Waals surface area contributed by atoms with Crippen molar-refractivity contribution >= 4 is 23.5 Å². The Kier molecular flexibility index (Phi) is 6.63.